The second kappa shape index (κ2) is 4.76. The monoisotopic (exact) mass is 228 g/mol. The SMILES string of the molecule is N#CNC(N)=Nc1cccc(-c2ncon2)c1. The Morgan fingerprint density at radius 3 is 3.12 bits per heavy atom. The van der Waals surface area contributed by atoms with Crippen LogP contribution in [0.3, 0.4) is 0 Å². The molecule has 0 saturated carbocycles. The van der Waals surface area contributed by atoms with Crippen LogP contribution in [-0.4, -0.2) is 16.1 Å². The lowest BCUT2D eigenvalue weighted by molar-refractivity contribution is 0.419. The van der Waals surface area contributed by atoms with E-state index < -0.39 is 0 Å². The highest BCUT2D eigenvalue weighted by Gasteiger charge is 2.03. The molecule has 0 unspecified atom stereocenters. The van der Waals surface area contributed by atoms with Crippen molar-refractivity contribution in [3.05, 3.63) is 30.7 Å². The number of nitrogens with zero attached hydrogens (tertiary/aromatic N) is 4. The molecule has 0 saturated heterocycles. The summed E-state index contributed by atoms with van der Waals surface area (Å²) in [4.78, 5) is 7.91. The Hall–Kier alpha value is -2.88. The molecule has 0 fully saturated rings. The summed E-state index contributed by atoms with van der Waals surface area (Å²) in [5, 5.41) is 14.3. The minimum atomic E-state index is 0.0257. The van der Waals surface area contributed by atoms with Crippen LogP contribution in [0.1, 0.15) is 0 Å². The standard InChI is InChI=1S/C10H8N6O/c11-5-13-10(12)15-8-3-1-2-7(4-8)9-14-6-17-16-9/h1-4,6H,(H3,12,13,15). The van der Waals surface area contributed by atoms with Crippen molar-refractivity contribution in [2.75, 3.05) is 0 Å². The van der Waals surface area contributed by atoms with Gasteiger partial charge in [-0.05, 0) is 12.1 Å². The normalized spacial score (nSPS) is 10.9. The van der Waals surface area contributed by atoms with Gasteiger partial charge >= 0.3 is 0 Å². The minimum absolute atomic E-state index is 0.0257. The third-order valence-corrected chi connectivity index (χ3v) is 1.90. The van der Waals surface area contributed by atoms with Crippen molar-refractivity contribution < 1.29 is 4.52 Å². The number of guanidine groups is 1. The van der Waals surface area contributed by atoms with Gasteiger partial charge in [0.05, 0.1) is 5.69 Å². The van der Waals surface area contributed by atoms with Crippen molar-refractivity contribution in [1.82, 2.24) is 15.5 Å². The number of nitriles is 1. The molecular formula is C10H8N6O. The summed E-state index contributed by atoms with van der Waals surface area (Å²) in [7, 11) is 0. The van der Waals surface area contributed by atoms with Gasteiger partial charge in [0, 0.05) is 5.56 Å². The largest absolute Gasteiger partial charge is 0.369 e. The fraction of sp³-hybridized carbons (Fsp3) is 0. The zero-order valence-electron chi connectivity index (χ0n) is 8.66. The van der Waals surface area contributed by atoms with E-state index >= 15 is 0 Å². The number of aromatic nitrogens is 2. The minimum Gasteiger partial charge on any atom is -0.369 e. The van der Waals surface area contributed by atoms with E-state index in [4.69, 9.17) is 11.0 Å². The predicted molar refractivity (Wildman–Crippen MR) is 59.8 cm³/mol. The van der Waals surface area contributed by atoms with Crippen molar-refractivity contribution in [3.63, 3.8) is 0 Å². The number of benzene rings is 1. The van der Waals surface area contributed by atoms with Gasteiger partial charge in [0.1, 0.15) is 0 Å². The third kappa shape index (κ3) is 2.57. The highest BCUT2D eigenvalue weighted by Crippen LogP contribution is 2.20. The summed E-state index contributed by atoms with van der Waals surface area (Å²) in [6, 6.07) is 7.08. The van der Waals surface area contributed by atoms with E-state index in [1.807, 2.05) is 6.07 Å². The maximum atomic E-state index is 8.37. The first-order chi connectivity index (χ1) is 8.29. The molecule has 7 heteroatoms. The summed E-state index contributed by atoms with van der Waals surface area (Å²) in [5.41, 5.74) is 6.80. The Kier molecular flexibility index (Phi) is 2.98. The lowest BCUT2D eigenvalue weighted by Crippen LogP contribution is -2.26. The number of hydrogen-bond acceptors (Lipinski definition) is 5. The van der Waals surface area contributed by atoms with Crippen LogP contribution in [0.25, 0.3) is 11.4 Å². The predicted octanol–water partition coefficient (Wildman–Crippen LogP) is 0.753. The van der Waals surface area contributed by atoms with Crippen LogP contribution >= 0.6 is 0 Å². The average molecular weight is 228 g/mol. The first kappa shape index (κ1) is 10.6. The van der Waals surface area contributed by atoms with Crippen LogP contribution in [0, 0.1) is 11.5 Å². The topological polar surface area (TPSA) is 113 Å². The zero-order valence-corrected chi connectivity index (χ0v) is 8.66. The maximum absolute atomic E-state index is 8.37. The van der Waals surface area contributed by atoms with Crippen LogP contribution < -0.4 is 11.1 Å². The summed E-state index contributed by atoms with van der Waals surface area (Å²) in [6.07, 6.45) is 2.93. The smallest absolute Gasteiger partial charge is 0.214 e. The molecule has 7 nitrogen and oxygen atoms in total. The second-order valence-electron chi connectivity index (χ2n) is 3.04. The number of nitrogens with one attached hydrogen (secondary N) is 1. The van der Waals surface area contributed by atoms with E-state index in [1.165, 1.54) is 6.39 Å². The van der Waals surface area contributed by atoms with Gasteiger partial charge in [-0.15, -0.1) is 0 Å². The Morgan fingerprint density at radius 2 is 2.41 bits per heavy atom. The molecule has 0 spiro atoms. The third-order valence-electron chi connectivity index (χ3n) is 1.90. The molecule has 0 bridgehead atoms. The Bertz CT molecular complexity index is 569. The number of aliphatic imine (C=N–C) groups is 1. The molecule has 0 aliphatic rings. The molecule has 0 amide bonds. The van der Waals surface area contributed by atoms with Crippen LogP contribution in [0.5, 0.6) is 0 Å². The average Bonchev–Trinajstić information content (AvgIpc) is 2.83. The molecule has 0 atom stereocenters. The van der Waals surface area contributed by atoms with Gasteiger partial charge in [0.2, 0.25) is 18.2 Å². The summed E-state index contributed by atoms with van der Waals surface area (Å²) in [6.45, 7) is 0. The van der Waals surface area contributed by atoms with Gasteiger partial charge in [-0.25, -0.2) is 4.99 Å². The van der Waals surface area contributed by atoms with Crippen LogP contribution in [0.2, 0.25) is 0 Å². The molecule has 1 aromatic heterocycles. The molecule has 84 valence electrons. The van der Waals surface area contributed by atoms with Crippen molar-refractivity contribution in [3.8, 4) is 17.6 Å². The van der Waals surface area contributed by atoms with E-state index in [1.54, 1.807) is 24.4 Å². The van der Waals surface area contributed by atoms with Gasteiger partial charge in [-0.1, -0.05) is 17.3 Å². The number of rotatable bonds is 2. The molecule has 1 heterocycles. The summed E-state index contributed by atoms with van der Waals surface area (Å²) < 4.78 is 4.65. The molecule has 17 heavy (non-hydrogen) atoms. The summed E-state index contributed by atoms with van der Waals surface area (Å²) in [5.74, 6) is 0.492. The Balaban J connectivity index is 2.30. The molecule has 0 radical (unpaired) electrons. The fourth-order valence-corrected chi connectivity index (χ4v) is 1.24. The van der Waals surface area contributed by atoms with Crippen LogP contribution in [-0.2, 0) is 0 Å². The van der Waals surface area contributed by atoms with E-state index in [0.717, 1.165) is 5.56 Å². The van der Waals surface area contributed by atoms with Gasteiger partial charge < -0.3 is 10.3 Å². The van der Waals surface area contributed by atoms with Gasteiger partial charge in [-0.3, -0.25) is 5.32 Å². The first-order valence-electron chi connectivity index (χ1n) is 4.65. The quantitative estimate of drug-likeness (QED) is 0.339. The van der Waals surface area contributed by atoms with E-state index in [0.29, 0.717) is 11.5 Å². The van der Waals surface area contributed by atoms with Crippen molar-refractivity contribution >= 4 is 11.6 Å². The molecular weight excluding hydrogens is 220 g/mol. The van der Waals surface area contributed by atoms with Gasteiger partial charge in [0.15, 0.2) is 6.19 Å². The van der Waals surface area contributed by atoms with Crippen molar-refractivity contribution in [2.24, 2.45) is 10.7 Å². The van der Waals surface area contributed by atoms with E-state index in [2.05, 4.69) is 25.0 Å². The zero-order chi connectivity index (χ0) is 12.1. The van der Waals surface area contributed by atoms with Crippen LogP contribution in [0.15, 0.2) is 40.2 Å². The molecule has 1 aromatic carbocycles. The Labute approximate surface area is 96.6 Å². The van der Waals surface area contributed by atoms with Gasteiger partial charge in [0.25, 0.3) is 0 Å². The fourth-order valence-electron chi connectivity index (χ4n) is 1.24. The lowest BCUT2D eigenvalue weighted by Gasteiger charge is -1.99. The highest BCUT2D eigenvalue weighted by atomic mass is 16.5. The highest BCUT2D eigenvalue weighted by molar-refractivity contribution is 5.82. The molecule has 2 rings (SSSR count). The van der Waals surface area contributed by atoms with Crippen molar-refractivity contribution in [2.45, 2.75) is 0 Å². The molecule has 3 N–H and O–H groups in total. The van der Waals surface area contributed by atoms with Crippen molar-refractivity contribution in [1.29, 1.82) is 5.26 Å². The first-order valence-corrected chi connectivity index (χ1v) is 4.65. The van der Waals surface area contributed by atoms with Crippen LogP contribution in [0.4, 0.5) is 5.69 Å². The second-order valence-corrected chi connectivity index (χ2v) is 3.04. The van der Waals surface area contributed by atoms with E-state index in [-0.39, 0.29) is 5.96 Å². The molecule has 0 aliphatic heterocycles. The molecule has 0 aliphatic carbocycles. The van der Waals surface area contributed by atoms with E-state index in [9.17, 15) is 0 Å². The Morgan fingerprint density at radius 1 is 1.53 bits per heavy atom. The maximum Gasteiger partial charge on any atom is 0.214 e. The summed E-state index contributed by atoms with van der Waals surface area (Å²) >= 11 is 0. The van der Waals surface area contributed by atoms with Gasteiger partial charge in [-0.2, -0.15) is 10.2 Å². The number of hydrogen-bond donors (Lipinski definition) is 2. The molecule has 2 aromatic rings. The number of nitrogens with two attached hydrogens (primary N) is 1. The lowest BCUT2D eigenvalue weighted by atomic mass is 10.2.